The first-order valence-electron chi connectivity index (χ1n) is 19.3. The summed E-state index contributed by atoms with van der Waals surface area (Å²) < 4.78 is 11.6. The predicted octanol–water partition coefficient (Wildman–Crippen LogP) is 12.0. The zero-order valence-corrected chi connectivity index (χ0v) is 30.5. The number of hydrogen-bond acceptors (Lipinski definition) is 2. The summed E-state index contributed by atoms with van der Waals surface area (Å²) in [5.41, 5.74) is 13.9. The molecule has 0 N–H and O–H groups in total. The van der Waals surface area contributed by atoms with Gasteiger partial charge >= 0.3 is 0 Å². The van der Waals surface area contributed by atoms with Crippen molar-refractivity contribution in [2.24, 2.45) is 0 Å². The lowest BCUT2D eigenvalue weighted by atomic mass is 10.1. The minimum absolute atomic E-state index is 0.787. The Labute approximate surface area is 324 Å². The van der Waals surface area contributed by atoms with Gasteiger partial charge in [0.05, 0.1) is 60.9 Å². The number of para-hydroxylation sites is 9. The van der Waals surface area contributed by atoms with Crippen molar-refractivity contribution >= 4 is 88.3 Å². The van der Waals surface area contributed by atoms with E-state index in [1.807, 2.05) is 0 Å². The largest absolute Gasteiger partial charge is 0.309 e. The van der Waals surface area contributed by atoms with Gasteiger partial charge in [0, 0.05) is 32.9 Å². The highest BCUT2D eigenvalue weighted by Gasteiger charge is 2.21. The highest BCUT2D eigenvalue weighted by Crippen LogP contribution is 2.38. The third-order valence-electron chi connectivity index (χ3n) is 11.7. The van der Waals surface area contributed by atoms with Crippen molar-refractivity contribution in [2.45, 2.75) is 0 Å². The fourth-order valence-electron chi connectivity index (χ4n) is 9.30. The maximum Gasteiger partial charge on any atom is 0.223 e. The second-order valence-electron chi connectivity index (χ2n) is 14.7. The molecule has 0 aliphatic carbocycles. The summed E-state index contributed by atoms with van der Waals surface area (Å²) in [6, 6.07) is 67.1. The van der Waals surface area contributed by atoms with E-state index in [4.69, 9.17) is 9.97 Å². The van der Waals surface area contributed by atoms with E-state index in [1.54, 1.807) is 0 Å². The topological polar surface area (TPSA) is 49.4 Å². The standard InChI is InChI=1S/C50H31N7/c1-2-14-32(15-3-1)53-43-28-26-33(54-41-20-8-4-16-35(41)36-17-5-9-21-42(36)54)30-37(43)38-31-34(27-29-44(38)53)55-49-51-39-18-6-10-22-45(39)56(49)47-24-12-13-25-48(47)57-46-23-11-7-19-40(46)52-50(55)57/h1-31H. The summed E-state index contributed by atoms with van der Waals surface area (Å²) in [4.78, 5) is 10.7. The molecule has 5 heterocycles. The van der Waals surface area contributed by atoms with E-state index in [0.29, 0.717) is 0 Å². The van der Waals surface area contributed by atoms with Crippen LogP contribution >= 0.6 is 0 Å². The van der Waals surface area contributed by atoms with Crippen molar-refractivity contribution in [1.82, 2.24) is 32.5 Å². The molecule has 0 saturated heterocycles. The van der Waals surface area contributed by atoms with Gasteiger partial charge in [0.25, 0.3) is 0 Å². The molecule has 0 unspecified atom stereocenters. The monoisotopic (exact) mass is 729 g/mol. The molecular weight excluding hydrogens is 699 g/mol. The SMILES string of the molecule is c1ccc(-n2c3ccc(-n4c5ccccc5c5ccccc54)cc3c3cc(-n4c5nc6ccccc6n5c5ccccc5n5c6ccccc6nc45)ccc32)cc1. The van der Waals surface area contributed by atoms with Gasteiger partial charge in [0.2, 0.25) is 11.6 Å². The predicted molar refractivity (Wildman–Crippen MR) is 233 cm³/mol. The van der Waals surface area contributed by atoms with Crippen molar-refractivity contribution in [1.29, 1.82) is 0 Å². The Morgan fingerprint density at radius 2 is 0.649 bits per heavy atom. The second kappa shape index (κ2) is 11.3. The smallest absolute Gasteiger partial charge is 0.223 e. The first kappa shape index (κ1) is 30.4. The van der Waals surface area contributed by atoms with Gasteiger partial charge in [-0.2, -0.15) is 0 Å². The molecule has 8 aromatic carbocycles. The highest BCUT2D eigenvalue weighted by molar-refractivity contribution is 6.12. The van der Waals surface area contributed by atoms with Crippen LogP contribution in [0.5, 0.6) is 0 Å². The molecule has 0 amide bonds. The Balaban J connectivity index is 1.19. The van der Waals surface area contributed by atoms with Crippen LogP contribution in [0.1, 0.15) is 0 Å². The minimum atomic E-state index is 0.787. The average molecular weight is 730 g/mol. The van der Waals surface area contributed by atoms with Crippen molar-refractivity contribution < 1.29 is 0 Å². The molecule has 0 spiro atoms. The van der Waals surface area contributed by atoms with E-state index in [0.717, 1.165) is 83.5 Å². The molecule has 13 aromatic rings. The molecular formula is C50H31N7. The van der Waals surface area contributed by atoms with E-state index in [1.165, 1.54) is 21.8 Å². The van der Waals surface area contributed by atoms with Crippen molar-refractivity contribution in [3.63, 3.8) is 0 Å². The Kier molecular flexibility index (Phi) is 6.04. The lowest BCUT2D eigenvalue weighted by Gasteiger charge is -2.10. The number of imidazole rings is 2. The van der Waals surface area contributed by atoms with E-state index in [2.05, 4.69) is 211 Å². The molecule has 0 bridgehead atoms. The first-order valence-corrected chi connectivity index (χ1v) is 19.3. The van der Waals surface area contributed by atoms with Crippen LogP contribution in [0, 0.1) is 0 Å². The molecule has 7 heteroatoms. The molecule has 0 radical (unpaired) electrons. The molecule has 0 aliphatic heterocycles. The summed E-state index contributed by atoms with van der Waals surface area (Å²) >= 11 is 0. The third-order valence-corrected chi connectivity index (χ3v) is 11.7. The minimum Gasteiger partial charge on any atom is -0.309 e. The van der Waals surface area contributed by atoms with E-state index >= 15 is 0 Å². The van der Waals surface area contributed by atoms with Crippen molar-refractivity contribution in [2.75, 3.05) is 0 Å². The fraction of sp³-hybridized carbons (Fsp3) is 0. The molecule has 0 atom stereocenters. The van der Waals surface area contributed by atoms with Gasteiger partial charge in [0.15, 0.2) is 0 Å². The fourth-order valence-corrected chi connectivity index (χ4v) is 9.30. The average Bonchev–Trinajstić information content (AvgIpc) is 4.00. The van der Waals surface area contributed by atoms with Gasteiger partial charge in [0.1, 0.15) is 0 Å². The van der Waals surface area contributed by atoms with Gasteiger partial charge in [-0.15, -0.1) is 0 Å². The molecule has 57 heavy (non-hydrogen) atoms. The Morgan fingerprint density at radius 3 is 1.18 bits per heavy atom. The summed E-state index contributed by atoms with van der Waals surface area (Å²) in [7, 11) is 0. The van der Waals surface area contributed by atoms with Crippen LogP contribution in [0.15, 0.2) is 188 Å². The van der Waals surface area contributed by atoms with Crippen molar-refractivity contribution in [3.05, 3.63) is 188 Å². The molecule has 7 nitrogen and oxygen atoms in total. The van der Waals surface area contributed by atoms with Gasteiger partial charge in [-0.1, -0.05) is 91.0 Å². The van der Waals surface area contributed by atoms with Gasteiger partial charge < -0.3 is 9.13 Å². The molecule has 0 aliphatic rings. The van der Waals surface area contributed by atoms with Crippen LogP contribution in [0.4, 0.5) is 0 Å². The zero-order valence-electron chi connectivity index (χ0n) is 30.5. The molecule has 0 fully saturated rings. The van der Waals surface area contributed by atoms with Crippen LogP contribution in [0.2, 0.25) is 0 Å². The van der Waals surface area contributed by atoms with Gasteiger partial charge in [-0.3, -0.25) is 8.80 Å². The lowest BCUT2D eigenvalue weighted by Crippen LogP contribution is -2.02. The van der Waals surface area contributed by atoms with Crippen LogP contribution in [-0.4, -0.2) is 32.5 Å². The highest BCUT2D eigenvalue weighted by atomic mass is 15.3. The van der Waals surface area contributed by atoms with Gasteiger partial charge in [-0.05, 0) is 97.1 Å². The van der Waals surface area contributed by atoms with Crippen LogP contribution in [0.3, 0.4) is 0 Å². The molecule has 266 valence electrons. The number of rotatable bonds is 3. The Morgan fingerprint density at radius 1 is 0.263 bits per heavy atom. The second-order valence-corrected chi connectivity index (χ2v) is 14.7. The third kappa shape index (κ3) is 4.14. The van der Waals surface area contributed by atoms with E-state index in [-0.39, 0.29) is 0 Å². The first-order chi connectivity index (χ1) is 28.3. The van der Waals surface area contributed by atoms with Crippen LogP contribution in [0.25, 0.3) is 105 Å². The van der Waals surface area contributed by atoms with E-state index in [9.17, 15) is 0 Å². The summed E-state index contributed by atoms with van der Waals surface area (Å²) in [6.45, 7) is 0. The summed E-state index contributed by atoms with van der Waals surface area (Å²) in [5, 5.41) is 4.79. The summed E-state index contributed by atoms with van der Waals surface area (Å²) in [6.07, 6.45) is 0. The van der Waals surface area contributed by atoms with Crippen LogP contribution < -0.4 is 0 Å². The maximum absolute atomic E-state index is 5.37. The van der Waals surface area contributed by atoms with Crippen molar-refractivity contribution in [3.8, 4) is 17.1 Å². The quantitative estimate of drug-likeness (QED) is 0.182. The number of hydrogen-bond donors (Lipinski definition) is 0. The molecule has 0 saturated carbocycles. The normalized spacial score (nSPS) is 12.2. The number of fused-ring (bicyclic) bond motifs is 15. The van der Waals surface area contributed by atoms with Crippen LogP contribution in [-0.2, 0) is 0 Å². The number of benzene rings is 8. The Bertz CT molecular complexity index is 3650. The van der Waals surface area contributed by atoms with E-state index < -0.39 is 0 Å². The maximum atomic E-state index is 5.37. The molecule has 13 rings (SSSR count). The lowest BCUT2D eigenvalue weighted by molar-refractivity contribution is 1.03. The number of nitrogens with zero attached hydrogens (tertiary/aromatic N) is 7. The number of aromatic nitrogens is 7. The van der Waals surface area contributed by atoms with Gasteiger partial charge in [-0.25, -0.2) is 14.5 Å². The summed E-state index contributed by atoms with van der Waals surface area (Å²) in [5.74, 6) is 1.57. The molecule has 5 aromatic heterocycles. The zero-order chi connectivity index (χ0) is 37.2. The Hall–Kier alpha value is -7.90.